The van der Waals surface area contributed by atoms with Crippen LogP contribution in [0.15, 0.2) is 18.2 Å². The summed E-state index contributed by atoms with van der Waals surface area (Å²) in [6.07, 6.45) is 2.55. The SMILES string of the molecule is CCOCCCNC(=O)C1CCN(Cc2cccc(OC)c2O)CC1. The Bertz CT molecular complexity index is 542. The summed E-state index contributed by atoms with van der Waals surface area (Å²) in [4.78, 5) is 14.5. The second kappa shape index (κ2) is 10.3. The minimum Gasteiger partial charge on any atom is -0.504 e. The first-order chi connectivity index (χ1) is 12.2. The van der Waals surface area contributed by atoms with Gasteiger partial charge in [0.1, 0.15) is 0 Å². The van der Waals surface area contributed by atoms with Gasteiger partial charge in [-0.3, -0.25) is 9.69 Å². The zero-order valence-electron chi connectivity index (χ0n) is 15.3. The Morgan fingerprint density at radius 2 is 2.12 bits per heavy atom. The number of carbonyl (C=O) groups is 1. The highest BCUT2D eigenvalue weighted by Gasteiger charge is 2.25. The lowest BCUT2D eigenvalue weighted by Gasteiger charge is -2.31. The fraction of sp³-hybridized carbons (Fsp3) is 0.632. The fourth-order valence-corrected chi connectivity index (χ4v) is 3.13. The van der Waals surface area contributed by atoms with E-state index in [9.17, 15) is 9.90 Å². The van der Waals surface area contributed by atoms with Crippen LogP contribution in [0, 0.1) is 5.92 Å². The van der Waals surface area contributed by atoms with Crippen LogP contribution in [0.3, 0.4) is 0 Å². The number of carbonyl (C=O) groups excluding carboxylic acids is 1. The predicted octanol–water partition coefficient (Wildman–Crippen LogP) is 2.16. The molecule has 1 amide bonds. The average Bonchev–Trinajstić information content (AvgIpc) is 2.63. The third-order valence-electron chi connectivity index (χ3n) is 4.62. The monoisotopic (exact) mass is 350 g/mol. The molecular formula is C19H30N2O4. The van der Waals surface area contributed by atoms with Crippen LogP contribution in [0.1, 0.15) is 31.7 Å². The van der Waals surface area contributed by atoms with Gasteiger partial charge >= 0.3 is 0 Å². The van der Waals surface area contributed by atoms with Crippen LogP contribution in [-0.2, 0) is 16.1 Å². The standard InChI is InChI=1S/C19H30N2O4/c1-3-25-13-5-10-20-19(23)15-8-11-21(12-9-15)14-16-6-4-7-17(24-2)18(16)22/h4,6-7,15,22H,3,5,8-14H2,1-2H3,(H,20,23). The summed E-state index contributed by atoms with van der Waals surface area (Å²) in [6.45, 7) is 6.44. The summed E-state index contributed by atoms with van der Waals surface area (Å²) in [5.74, 6) is 0.945. The van der Waals surface area contributed by atoms with Crippen molar-refractivity contribution in [2.75, 3.05) is 40.0 Å². The number of hydrogen-bond acceptors (Lipinski definition) is 5. The molecule has 0 spiro atoms. The average molecular weight is 350 g/mol. The lowest BCUT2D eigenvalue weighted by Crippen LogP contribution is -2.40. The van der Waals surface area contributed by atoms with Crippen molar-refractivity contribution in [3.05, 3.63) is 23.8 Å². The van der Waals surface area contributed by atoms with Crippen molar-refractivity contribution >= 4 is 5.91 Å². The number of ether oxygens (including phenoxy) is 2. The molecule has 2 rings (SSSR count). The van der Waals surface area contributed by atoms with E-state index in [-0.39, 0.29) is 17.6 Å². The molecule has 0 atom stereocenters. The van der Waals surface area contributed by atoms with Gasteiger partial charge in [-0.25, -0.2) is 0 Å². The molecule has 1 aliphatic heterocycles. The molecule has 1 fully saturated rings. The highest BCUT2D eigenvalue weighted by molar-refractivity contribution is 5.78. The maximum absolute atomic E-state index is 12.2. The third-order valence-corrected chi connectivity index (χ3v) is 4.62. The molecule has 1 aromatic rings. The van der Waals surface area contributed by atoms with Crippen LogP contribution in [0.25, 0.3) is 0 Å². The smallest absolute Gasteiger partial charge is 0.223 e. The Morgan fingerprint density at radius 1 is 1.36 bits per heavy atom. The first-order valence-electron chi connectivity index (χ1n) is 9.08. The number of amides is 1. The lowest BCUT2D eigenvalue weighted by molar-refractivity contribution is -0.126. The number of likely N-dealkylation sites (tertiary alicyclic amines) is 1. The third kappa shape index (κ3) is 5.90. The van der Waals surface area contributed by atoms with Crippen molar-refractivity contribution in [1.82, 2.24) is 10.2 Å². The van der Waals surface area contributed by atoms with E-state index < -0.39 is 0 Å². The summed E-state index contributed by atoms with van der Waals surface area (Å²) in [7, 11) is 1.55. The Hall–Kier alpha value is -1.79. The van der Waals surface area contributed by atoms with Gasteiger partial charge in [0.05, 0.1) is 7.11 Å². The van der Waals surface area contributed by atoms with Gasteiger partial charge in [0.2, 0.25) is 5.91 Å². The van der Waals surface area contributed by atoms with Crippen molar-refractivity contribution in [3.63, 3.8) is 0 Å². The zero-order chi connectivity index (χ0) is 18.1. The van der Waals surface area contributed by atoms with Crippen molar-refractivity contribution in [1.29, 1.82) is 0 Å². The molecule has 1 saturated heterocycles. The van der Waals surface area contributed by atoms with Gasteiger partial charge in [-0.1, -0.05) is 12.1 Å². The number of aromatic hydroxyl groups is 1. The second-order valence-corrected chi connectivity index (χ2v) is 6.36. The summed E-state index contributed by atoms with van der Waals surface area (Å²) < 4.78 is 10.4. The van der Waals surface area contributed by atoms with Gasteiger partial charge in [0.25, 0.3) is 0 Å². The molecule has 6 heteroatoms. The minimum absolute atomic E-state index is 0.0854. The summed E-state index contributed by atoms with van der Waals surface area (Å²) in [5.41, 5.74) is 0.859. The molecule has 1 aromatic carbocycles. The molecule has 0 aliphatic carbocycles. The summed E-state index contributed by atoms with van der Waals surface area (Å²) in [5, 5.41) is 13.2. The van der Waals surface area contributed by atoms with Crippen LogP contribution in [0.2, 0.25) is 0 Å². The van der Waals surface area contributed by atoms with Crippen LogP contribution < -0.4 is 10.1 Å². The van der Waals surface area contributed by atoms with Crippen molar-refractivity contribution in [2.24, 2.45) is 5.92 Å². The number of phenolic OH excluding ortho intramolecular Hbond substituents is 1. The van der Waals surface area contributed by atoms with E-state index >= 15 is 0 Å². The van der Waals surface area contributed by atoms with Crippen molar-refractivity contribution < 1.29 is 19.4 Å². The van der Waals surface area contributed by atoms with E-state index in [1.807, 2.05) is 19.1 Å². The van der Waals surface area contributed by atoms with E-state index in [0.717, 1.165) is 44.5 Å². The first kappa shape index (κ1) is 19.5. The molecule has 0 aromatic heterocycles. The normalized spacial score (nSPS) is 15.9. The number of phenols is 1. The number of methoxy groups -OCH3 is 1. The molecule has 1 heterocycles. The van der Waals surface area contributed by atoms with Crippen LogP contribution in [-0.4, -0.2) is 55.9 Å². The Kier molecular flexibility index (Phi) is 8.01. The van der Waals surface area contributed by atoms with Gasteiger partial charge in [-0.15, -0.1) is 0 Å². The minimum atomic E-state index is 0.0854. The largest absolute Gasteiger partial charge is 0.504 e. The van der Waals surface area contributed by atoms with E-state index in [1.54, 1.807) is 13.2 Å². The van der Waals surface area contributed by atoms with E-state index in [4.69, 9.17) is 9.47 Å². The summed E-state index contributed by atoms with van der Waals surface area (Å²) >= 11 is 0. The highest BCUT2D eigenvalue weighted by Crippen LogP contribution is 2.31. The Labute approximate surface area is 150 Å². The van der Waals surface area contributed by atoms with Gasteiger partial charge < -0.3 is 19.9 Å². The van der Waals surface area contributed by atoms with Gasteiger partial charge in [0.15, 0.2) is 11.5 Å². The number of rotatable bonds is 9. The number of para-hydroxylation sites is 1. The Morgan fingerprint density at radius 3 is 2.80 bits per heavy atom. The topological polar surface area (TPSA) is 71.0 Å². The molecule has 140 valence electrons. The number of nitrogens with zero attached hydrogens (tertiary/aromatic N) is 1. The Balaban J connectivity index is 1.73. The lowest BCUT2D eigenvalue weighted by atomic mass is 9.95. The van der Waals surface area contributed by atoms with Gasteiger partial charge in [-0.05, 0) is 45.3 Å². The molecular weight excluding hydrogens is 320 g/mol. The van der Waals surface area contributed by atoms with Crippen molar-refractivity contribution in [3.8, 4) is 11.5 Å². The molecule has 1 aliphatic rings. The quantitative estimate of drug-likeness (QED) is 0.668. The number of piperidine rings is 1. The molecule has 0 radical (unpaired) electrons. The van der Waals surface area contributed by atoms with E-state index in [0.29, 0.717) is 25.4 Å². The van der Waals surface area contributed by atoms with Gasteiger partial charge in [-0.2, -0.15) is 0 Å². The maximum Gasteiger partial charge on any atom is 0.223 e. The van der Waals surface area contributed by atoms with E-state index in [2.05, 4.69) is 10.2 Å². The fourth-order valence-electron chi connectivity index (χ4n) is 3.13. The molecule has 6 nitrogen and oxygen atoms in total. The first-order valence-corrected chi connectivity index (χ1v) is 9.08. The maximum atomic E-state index is 12.2. The number of nitrogens with one attached hydrogen (secondary N) is 1. The van der Waals surface area contributed by atoms with Crippen LogP contribution in [0.5, 0.6) is 11.5 Å². The van der Waals surface area contributed by atoms with Gasteiger partial charge in [0, 0.05) is 37.8 Å². The molecule has 0 bridgehead atoms. The number of hydrogen-bond donors (Lipinski definition) is 2. The van der Waals surface area contributed by atoms with Crippen LogP contribution >= 0.6 is 0 Å². The zero-order valence-corrected chi connectivity index (χ0v) is 15.3. The molecule has 0 saturated carbocycles. The van der Waals surface area contributed by atoms with Crippen LogP contribution in [0.4, 0.5) is 0 Å². The highest BCUT2D eigenvalue weighted by atomic mass is 16.5. The number of benzene rings is 1. The molecule has 2 N–H and O–H groups in total. The second-order valence-electron chi connectivity index (χ2n) is 6.36. The molecule has 0 unspecified atom stereocenters. The molecule has 25 heavy (non-hydrogen) atoms. The predicted molar refractivity (Wildman–Crippen MR) is 96.8 cm³/mol. The summed E-state index contributed by atoms with van der Waals surface area (Å²) in [6, 6.07) is 5.55. The van der Waals surface area contributed by atoms with E-state index in [1.165, 1.54) is 0 Å². The van der Waals surface area contributed by atoms with Crippen molar-refractivity contribution in [2.45, 2.75) is 32.7 Å².